The van der Waals surface area contributed by atoms with E-state index < -0.39 is 23.7 Å². The van der Waals surface area contributed by atoms with Crippen LogP contribution in [-0.2, 0) is 6.54 Å². The van der Waals surface area contributed by atoms with E-state index in [0.717, 1.165) is 10.8 Å². The fourth-order valence-corrected chi connectivity index (χ4v) is 0.957. The van der Waals surface area contributed by atoms with Crippen LogP contribution in [0.5, 0.6) is 0 Å². The largest absolute Gasteiger partial charge is 0.389 e. The Kier molecular flexibility index (Phi) is 1.65. The molecular formula is C7H11N3O3. The Labute approximate surface area is 79.2 Å². The average Bonchev–Trinajstić information content (AvgIpc) is 2.45. The first kappa shape index (κ1) is 6.09. The standard InChI is InChI=1S/C7H11N3O3/c1-5(11)4-9-6(2)8-3-7(9)10(12)13/h3,5,11H,4H2,1-2H3/i2D3. The van der Waals surface area contributed by atoms with Crippen LogP contribution in [0.3, 0.4) is 0 Å². The van der Waals surface area contributed by atoms with Crippen molar-refractivity contribution in [2.24, 2.45) is 0 Å². The van der Waals surface area contributed by atoms with Crippen molar-refractivity contribution in [3.63, 3.8) is 0 Å². The fourth-order valence-electron chi connectivity index (χ4n) is 0.957. The zero-order chi connectivity index (χ0) is 12.5. The lowest BCUT2D eigenvalue weighted by Crippen LogP contribution is -2.14. The van der Waals surface area contributed by atoms with Crippen LogP contribution < -0.4 is 0 Å². The van der Waals surface area contributed by atoms with Crippen molar-refractivity contribution >= 4 is 5.82 Å². The molecule has 72 valence electrons. The molecule has 1 unspecified atom stereocenters. The van der Waals surface area contributed by atoms with E-state index in [1.165, 1.54) is 6.92 Å². The molecule has 0 amide bonds. The van der Waals surface area contributed by atoms with Crippen molar-refractivity contribution in [2.45, 2.75) is 26.4 Å². The molecule has 0 aliphatic carbocycles. The SMILES string of the molecule is [2H]C([2H])([2H])c1ncc([N+](=O)[O-])n1CC(C)O. The van der Waals surface area contributed by atoms with Crippen molar-refractivity contribution in [3.05, 3.63) is 22.1 Å². The molecule has 0 fully saturated rings. The molecule has 6 heteroatoms. The number of aliphatic hydroxyl groups is 1. The van der Waals surface area contributed by atoms with Crippen molar-refractivity contribution in [1.29, 1.82) is 0 Å². The molecule has 1 rings (SSSR count). The van der Waals surface area contributed by atoms with Gasteiger partial charge in [-0.15, -0.1) is 0 Å². The number of aromatic nitrogens is 2. The van der Waals surface area contributed by atoms with Gasteiger partial charge in [0.05, 0.1) is 6.10 Å². The highest BCUT2D eigenvalue weighted by molar-refractivity contribution is 5.18. The summed E-state index contributed by atoms with van der Waals surface area (Å²) in [7, 11) is 0. The first-order chi connectivity index (χ1) is 7.23. The smallest absolute Gasteiger partial charge is 0.342 e. The van der Waals surface area contributed by atoms with Crippen LogP contribution in [-0.4, -0.2) is 25.7 Å². The van der Waals surface area contributed by atoms with Gasteiger partial charge in [0, 0.05) is 11.0 Å². The summed E-state index contributed by atoms with van der Waals surface area (Å²) in [6.45, 7) is -1.31. The maximum atomic E-state index is 10.6. The number of rotatable bonds is 3. The zero-order valence-electron chi connectivity index (χ0n) is 9.97. The molecule has 1 aromatic heterocycles. The second-order valence-electron chi connectivity index (χ2n) is 2.66. The van der Waals surface area contributed by atoms with Gasteiger partial charge in [-0.25, -0.2) is 9.55 Å². The molecule has 6 nitrogen and oxygen atoms in total. The number of nitro groups is 1. The van der Waals surface area contributed by atoms with Gasteiger partial charge in [-0.1, -0.05) is 0 Å². The lowest BCUT2D eigenvalue weighted by atomic mass is 10.4. The number of hydrogen-bond donors (Lipinski definition) is 1. The Morgan fingerprint density at radius 3 is 3.15 bits per heavy atom. The number of aliphatic hydroxyl groups excluding tert-OH is 1. The third kappa shape index (κ3) is 2.03. The van der Waals surface area contributed by atoms with Crippen LogP contribution in [0.4, 0.5) is 5.82 Å². The number of hydrogen-bond acceptors (Lipinski definition) is 4. The summed E-state index contributed by atoms with van der Waals surface area (Å²) in [6, 6.07) is 0. The third-order valence-electron chi connectivity index (χ3n) is 1.47. The predicted molar refractivity (Wildman–Crippen MR) is 45.3 cm³/mol. The maximum Gasteiger partial charge on any atom is 0.342 e. The van der Waals surface area contributed by atoms with Gasteiger partial charge in [0.2, 0.25) is 0 Å². The molecule has 0 radical (unpaired) electrons. The molecule has 0 aliphatic heterocycles. The molecule has 0 aromatic carbocycles. The van der Waals surface area contributed by atoms with E-state index in [1.807, 2.05) is 0 Å². The topological polar surface area (TPSA) is 81.2 Å². The molecule has 1 heterocycles. The minimum Gasteiger partial charge on any atom is -0.389 e. The Balaban J connectivity index is 3.25. The Morgan fingerprint density at radius 2 is 2.69 bits per heavy atom. The van der Waals surface area contributed by atoms with Crippen molar-refractivity contribution in [1.82, 2.24) is 9.55 Å². The molecule has 0 spiro atoms. The van der Waals surface area contributed by atoms with Crippen LogP contribution in [0, 0.1) is 17.0 Å². The van der Waals surface area contributed by atoms with Crippen LogP contribution in [0.15, 0.2) is 6.20 Å². The van der Waals surface area contributed by atoms with E-state index in [-0.39, 0.29) is 12.4 Å². The number of nitrogens with zero attached hydrogens (tertiary/aromatic N) is 3. The van der Waals surface area contributed by atoms with Gasteiger partial charge < -0.3 is 15.2 Å². The van der Waals surface area contributed by atoms with Crippen molar-refractivity contribution < 1.29 is 14.1 Å². The quantitative estimate of drug-likeness (QED) is 0.552. The van der Waals surface area contributed by atoms with E-state index in [0.29, 0.717) is 0 Å². The van der Waals surface area contributed by atoms with E-state index in [1.54, 1.807) is 0 Å². The summed E-state index contributed by atoms with van der Waals surface area (Å²) >= 11 is 0. The summed E-state index contributed by atoms with van der Waals surface area (Å²) in [5.74, 6) is -0.827. The van der Waals surface area contributed by atoms with Gasteiger partial charge >= 0.3 is 5.82 Å². The highest BCUT2D eigenvalue weighted by Crippen LogP contribution is 2.13. The second-order valence-corrected chi connectivity index (χ2v) is 2.66. The Bertz CT molecular complexity index is 399. The van der Waals surface area contributed by atoms with Gasteiger partial charge in [0.15, 0.2) is 5.82 Å². The van der Waals surface area contributed by atoms with Crippen LogP contribution in [0.25, 0.3) is 0 Å². The summed E-state index contributed by atoms with van der Waals surface area (Å²) in [5.41, 5.74) is 0. The molecule has 0 saturated carbocycles. The number of imidazole rings is 1. The lowest BCUT2D eigenvalue weighted by molar-refractivity contribution is -0.392. The minimum atomic E-state index is -2.54. The van der Waals surface area contributed by atoms with Gasteiger partial charge in [0.25, 0.3) is 0 Å². The molecule has 0 aliphatic rings. The minimum absolute atomic E-state index is 0.177. The van der Waals surface area contributed by atoms with Crippen LogP contribution in [0.2, 0.25) is 0 Å². The predicted octanol–water partition coefficient (Wildman–Crippen LogP) is 0.481. The van der Waals surface area contributed by atoms with Gasteiger partial charge in [-0.2, -0.15) is 0 Å². The normalized spacial score (nSPS) is 17.2. The zero-order valence-corrected chi connectivity index (χ0v) is 6.97. The summed E-state index contributed by atoms with van der Waals surface area (Å²) in [5, 5.41) is 19.8. The van der Waals surface area contributed by atoms with E-state index in [4.69, 9.17) is 9.22 Å². The van der Waals surface area contributed by atoms with Crippen molar-refractivity contribution in [2.75, 3.05) is 0 Å². The highest BCUT2D eigenvalue weighted by atomic mass is 16.6. The summed E-state index contributed by atoms with van der Waals surface area (Å²) in [4.78, 5) is 13.4. The highest BCUT2D eigenvalue weighted by Gasteiger charge is 2.18. The van der Waals surface area contributed by atoms with Crippen molar-refractivity contribution in [3.8, 4) is 0 Å². The van der Waals surface area contributed by atoms with E-state index in [2.05, 4.69) is 4.98 Å². The molecule has 1 N–H and O–H groups in total. The molecule has 1 atom stereocenters. The Morgan fingerprint density at radius 1 is 2.00 bits per heavy atom. The first-order valence-electron chi connectivity index (χ1n) is 5.12. The van der Waals surface area contributed by atoms with Crippen LogP contribution in [0.1, 0.15) is 16.9 Å². The lowest BCUT2D eigenvalue weighted by Gasteiger charge is -2.04. The molecule has 0 saturated heterocycles. The average molecular weight is 188 g/mol. The number of aryl methyl sites for hydroxylation is 1. The van der Waals surface area contributed by atoms with Crippen LogP contribution >= 0.6 is 0 Å². The molecule has 0 bridgehead atoms. The second kappa shape index (κ2) is 3.53. The fraction of sp³-hybridized carbons (Fsp3) is 0.571. The van der Waals surface area contributed by atoms with E-state index >= 15 is 0 Å². The van der Waals surface area contributed by atoms with Gasteiger partial charge in [0.1, 0.15) is 12.7 Å². The molecule has 1 aromatic rings. The molecular weight excluding hydrogens is 174 g/mol. The first-order valence-corrected chi connectivity index (χ1v) is 3.62. The Hall–Kier alpha value is -1.43. The maximum absolute atomic E-state index is 10.6. The monoisotopic (exact) mass is 188 g/mol. The van der Waals surface area contributed by atoms with Gasteiger partial charge in [-0.3, -0.25) is 0 Å². The summed E-state index contributed by atoms with van der Waals surface area (Å²) < 4.78 is 22.4. The third-order valence-corrected chi connectivity index (χ3v) is 1.47. The summed E-state index contributed by atoms with van der Waals surface area (Å²) in [6.07, 6.45) is -0.0154. The molecule has 13 heavy (non-hydrogen) atoms. The van der Waals surface area contributed by atoms with E-state index in [9.17, 15) is 10.1 Å². The van der Waals surface area contributed by atoms with Gasteiger partial charge in [-0.05, 0) is 11.8 Å².